The Labute approximate surface area is 141 Å². The van der Waals surface area contributed by atoms with Gasteiger partial charge in [-0.1, -0.05) is 29.8 Å². The number of para-hydroxylation sites is 1. The van der Waals surface area contributed by atoms with Gasteiger partial charge in [0.15, 0.2) is 0 Å². The molecule has 1 amide bonds. The summed E-state index contributed by atoms with van der Waals surface area (Å²) in [7, 11) is 0. The van der Waals surface area contributed by atoms with E-state index >= 15 is 0 Å². The SMILES string of the molecule is CC(CNC(=O)OC(C)(C)C)NCc1[nH]c2ccccc2c1Cl. The molecule has 0 bridgehead atoms. The Balaban J connectivity index is 1.83. The monoisotopic (exact) mass is 337 g/mol. The number of rotatable bonds is 5. The number of alkyl carbamates (subject to hydrolysis) is 1. The molecule has 1 aromatic carbocycles. The molecule has 2 aromatic rings. The number of fused-ring (bicyclic) bond motifs is 1. The highest BCUT2D eigenvalue weighted by atomic mass is 35.5. The Morgan fingerprint density at radius 1 is 1.35 bits per heavy atom. The number of carbonyl (C=O) groups excluding carboxylic acids is 1. The number of halogens is 1. The molecular formula is C17H24ClN3O2. The molecular weight excluding hydrogens is 314 g/mol. The predicted octanol–water partition coefficient (Wildman–Crippen LogP) is 3.82. The zero-order chi connectivity index (χ0) is 17.0. The summed E-state index contributed by atoms with van der Waals surface area (Å²) in [5, 5.41) is 7.84. The van der Waals surface area contributed by atoms with Crippen molar-refractivity contribution in [1.82, 2.24) is 15.6 Å². The lowest BCUT2D eigenvalue weighted by atomic mass is 10.2. The highest BCUT2D eigenvalue weighted by Gasteiger charge is 2.16. The summed E-state index contributed by atoms with van der Waals surface area (Å²) < 4.78 is 5.20. The zero-order valence-electron chi connectivity index (χ0n) is 14.0. The van der Waals surface area contributed by atoms with E-state index in [-0.39, 0.29) is 6.04 Å². The Hall–Kier alpha value is -1.72. The van der Waals surface area contributed by atoms with E-state index in [0.29, 0.717) is 13.1 Å². The summed E-state index contributed by atoms with van der Waals surface area (Å²) in [6.45, 7) is 8.59. The molecule has 0 aliphatic carbocycles. The van der Waals surface area contributed by atoms with Crippen molar-refractivity contribution in [3.05, 3.63) is 35.0 Å². The molecule has 3 N–H and O–H groups in total. The Bertz CT molecular complexity index is 676. The van der Waals surface area contributed by atoms with E-state index in [1.165, 1.54) is 0 Å². The first-order chi connectivity index (χ1) is 10.8. The Morgan fingerprint density at radius 3 is 2.70 bits per heavy atom. The van der Waals surface area contributed by atoms with Crippen molar-refractivity contribution in [2.45, 2.75) is 45.9 Å². The molecule has 0 saturated heterocycles. The largest absolute Gasteiger partial charge is 0.444 e. The van der Waals surface area contributed by atoms with Crippen LogP contribution in [-0.2, 0) is 11.3 Å². The topological polar surface area (TPSA) is 66.2 Å². The smallest absolute Gasteiger partial charge is 0.407 e. The van der Waals surface area contributed by atoms with Crippen molar-refractivity contribution in [3.63, 3.8) is 0 Å². The minimum atomic E-state index is -0.487. The standard InChI is InChI=1S/C17H24ClN3O2/c1-11(9-20-16(22)23-17(2,3)4)19-10-14-15(18)12-7-5-6-8-13(12)21-14/h5-8,11,19,21H,9-10H2,1-4H3,(H,20,22). The van der Waals surface area contributed by atoms with Gasteiger partial charge in [0, 0.05) is 35.7 Å². The van der Waals surface area contributed by atoms with Crippen molar-refractivity contribution in [2.24, 2.45) is 0 Å². The highest BCUT2D eigenvalue weighted by Crippen LogP contribution is 2.26. The summed E-state index contributed by atoms with van der Waals surface area (Å²) in [4.78, 5) is 14.9. The third kappa shape index (κ3) is 5.15. The van der Waals surface area contributed by atoms with Crippen molar-refractivity contribution < 1.29 is 9.53 Å². The lowest BCUT2D eigenvalue weighted by Crippen LogP contribution is -2.41. The number of hydrogen-bond acceptors (Lipinski definition) is 3. The summed E-state index contributed by atoms with van der Waals surface area (Å²) in [5.74, 6) is 0. The molecule has 1 atom stereocenters. The first-order valence-corrected chi connectivity index (χ1v) is 8.09. The van der Waals surface area contributed by atoms with Crippen LogP contribution in [0, 0.1) is 0 Å². The molecule has 0 spiro atoms. The maximum Gasteiger partial charge on any atom is 0.407 e. The molecule has 2 rings (SSSR count). The maximum absolute atomic E-state index is 11.6. The molecule has 0 aliphatic heterocycles. The second-order valence-electron chi connectivity index (χ2n) is 6.63. The predicted molar refractivity (Wildman–Crippen MR) is 93.8 cm³/mol. The highest BCUT2D eigenvalue weighted by molar-refractivity contribution is 6.36. The number of carbonyl (C=O) groups is 1. The number of benzene rings is 1. The van der Waals surface area contributed by atoms with Crippen molar-refractivity contribution in [3.8, 4) is 0 Å². The Kier molecular flexibility index (Phi) is 5.55. The Morgan fingerprint density at radius 2 is 2.04 bits per heavy atom. The van der Waals surface area contributed by atoms with E-state index in [2.05, 4.69) is 15.6 Å². The van der Waals surface area contributed by atoms with Crippen LogP contribution in [0.3, 0.4) is 0 Å². The van der Waals surface area contributed by atoms with Crippen LogP contribution >= 0.6 is 11.6 Å². The van der Waals surface area contributed by atoms with Crippen LogP contribution in [-0.4, -0.2) is 29.3 Å². The van der Waals surface area contributed by atoms with Crippen LogP contribution in [0.5, 0.6) is 0 Å². The maximum atomic E-state index is 11.6. The molecule has 1 unspecified atom stereocenters. The molecule has 5 nitrogen and oxygen atoms in total. The summed E-state index contributed by atoms with van der Waals surface area (Å²) >= 11 is 6.38. The second-order valence-corrected chi connectivity index (χ2v) is 7.01. The van der Waals surface area contributed by atoms with Crippen LogP contribution < -0.4 is 10.6 Å². The van der Waals surface area contributed by atoms with Crippen LogP contribution in [0.4, 0.5) is 4.79 Å². The van der Waals surface area contributed by atoms with Gasteiger partial charge in [0.05, 0.1) is 5.02 Å². The normalized spacial score (nSPS) is 13.1. The van der Waals surface area contributed by atoms with E-state index in [0.717, 1.165) is 21.6 Å². The lowest BCUT2D eigenvalue weighted by Gasteiger charge is -2.21. The van der Waals surface area contributed by atoms with Crippen molar-refractivity contribution in [1.29, 1.82) is 0 Å². The fourth-order valence-corrected chi connectivity index (χ4v) is 2.46. The number of nitrogens with one attached hydrogen (secondary N) is 3. The molecule has 1 aromatic heterocycles. The molecule has 126 valence electrons. The van der Waals surface area contributed by atoms with Crippen LogP contribution in [0.25, 0.3) is 10.9 Å². The fraction of sp³-hybridized carbons (Fsp3) is 0.471. The summed E-state index contributed by atoms with van der Waals surface area (Å²) in [5.41, 5.74) is 1.48. The van der Waals surface area contributed by atoms with E-state index in [9.17, 15) is 4.79 Å². The van der Waals surface area contributed by atoms with Gasteiger partial charge in [-0.25, -0.2) is 4.79 Å². The molecule has 23 heavy (non-hydrogen) atoms. The van der Waals surface area contributed by atoms with Crippen LogP contribution in [0.2, 0.25) is 5.02 Å². The molecule has 1 heterocycles. The van der Waals surface area contributed by atoms with Gasteiger partial charge in [-0.05, 0) is 33.8 Å². The first-order valence-electron chi connectivity index (χ1n) is 7.71. The first kappa shape index (κ1) is 17.6. The van der Waals surface area contributed by atoms with Gasteiger partial charge >= 0.3 is 6.09 Å². The quantitative estimate of drug-likeness (QED) is 0.777. The third-order valence-corrected chi connectivity index (χ3v) is 3.72. The number of ether oxygens (including phenoxy) is 1. The summed E-state index contributed by atoms with van der Waals surface area (Å²) in [6, 6.07) is 8.01. The zero-order valence-corrected chi connectivity index (χ0v) is 14.8. The van der Waals surface area contributed by atoms with Gasteiger partial charge in [-0.3, -0.25) is 0 Å². The van der Waals surface area contributed by atoms with Crippen LogP contribution in [0.1, 0.15) is 33.4 Å². The number of aromatic nitrogens is 1. The molecule has 0 aliphatic rings. The van der Waals surface area contributed by atoms with E-state index in [1.807, 2.05) is 52.0 Å². The van der Waals surface area contributed by atoms with Gasteiger partial charge in [-0.2, -0.15) is 0 Å². The lowest BCUT2D eigenvalue weighted by molar-refractivity contribution is 0.0523. The average Bonchev–Trinajstić information content (AvgIpc) is 2.78. The van der Waals surface area contributed by atoms with Crippen molar-refractivity contribution >= 4 is 28.6 Å². The van der Waals surface area contributed by atoms with E-state index in [4.69, 9.17) is 16.3 Å². The third-order valence-electron chi connectivity index (χ3n) is 3.29. The number of hydrogen-bond donors (Lipinski definition) is 3. The molecule has 6 heteroatoms. The van der Waals surface area contributed by atoms with Gasteiger partial charge in [0.2, 0.25) is 0 Å². The number of amides is 1. The molecule has 0 radical (unpaired) electrons. The second kappa shape index (κ2) is 7.23. The van der Waals surface area contributed by atoms with Crippen LogP contribution in [0.15, 0.2) is 24.3 Å². The van der Waals surface area contributed by atoms with Gasteiger partial charge < -0.3 is 20.4 Å². The molecule has 0 saturated carbocycles. The number of aromatic amines is 1. The minimum Gasteiger partial charge on any atom is -0.444 e. The number of H-pyrrole nitrogens is 1. The van der Waals surface area contributed by atoms with Gasteiger partial charge in [0.1, 0.15) is 5.60 Å². The van der Waals surface area contributed by atoms with Gasteiger partial charge in [0.25, 0.3) is 0 Å². The minimum absolute atomic E-state index is 0.0880. The summed E-state index contributed by atoms with van der Waals surface area (Å²) in [6.07, 6.45) is -0.408. The van der Waals surface area contributed by atoms with Crippen molar-refractivity contribution in [2.75, 3.05) is 6.54 Å². The van der Waals surface area contributed by atoms with E-state index in [1.54, 1.807) is 0 Å². The average molecular weight is 338 g/mol. The fourth-order valence-electron chi connectivity index (χ4n) is 2.18. The van der Waals surface area contributed by atoms with Gasteiger partial charge in [-0.15, -0.1) is 0 Å². The molecule has 0 fully saturated rings. The van der Waals surface area contributed by atoms with E-state index < -0.39 is 11.7 Å².